The highest BCUT2D eigenvalue weighted by Gasteiger charge is 2.44. The molecule has 0 saturated carbocycles. The van der Waals surface area contributed by atoms with E-state index in [1.807, 2.05) is 6.07 Å². The fourth-order valence-corrected chi connectivity index (χ4v) is 6.88. The molecule has 1 aliphatic heterocycles. The zero-order valence-electron chi connectivity index (χ0n) is 19.1. The molecule has 0 spiro atoms. The molecule has 0 N–H and O–H groups in total. The number of carbonyl (C=O) groups is 1. The van der Waals surface area contributed by atoms with Crippen LogP contribution >= 0.6 is 0 Å². The van der Waals surface area contributed by atoms with E-state index in [4.69, 9.17) is 4.74 Å². The summed E-state index contributed by atoms with van der Waals surface area (Å²) in [4.78, 5) is 18.0. The van der Waals surface area contributed by atoms with E-state index in [2.05, 4.69) is 4.98 Å². The van der Waals surface area contributed by atoms with E-state index >= 15 is 0 Å². The first-order chi connectivity index (χ1) is 15.8. The number of hydrogen-bond donors (Lipinski definition) is 0. The molecular weight excluding hydrogens is 471 g/mol. The lowest BCUT2D eigenvalue weighted by atomic mass is 10.0. The highest BCUT2D eigenvalue weighted by atomic mass is 32.2. The van der Waals surface area contributed by atoms with E-state index in [-0.39, 0.29) is 30.5 Å². The number of halogens is 3. The molecule has 1 fully saturated rings. The van der Waals surface area contributed by atoms with Crippen molar-refractivity contribution in [1.29, 1.82) is 0 Å². The average Bonchev–Trinajstić information content (AvgIpc) is 3.21. The summed E-state index contributed by atoms with van der Waals surface area (Å²) in [6, 6.07) is 7.36. The second-order valence-corrected chi connectivity index (χ2v) is 11.1. The first kappa shape index (κ1) is 24.5. The van der Waals surface area contributed by atoms with Crippen molar-refractivity contribution in [1.82, 2.24) is 9.29 Å². The van der Waals surface area contributed by atoms with Crippen LogP contribution in [0.2, 0.25) is 0 Å². The molecule has 1 atom stereocenters. The number of aromatic nitrogens is 1. The average molecular weight is 498 g/mol. The molecule has 0 radical (unpaired) electrons. The van der Waals surface area contributed by atoms with Gasteiger partial charge in [0, 0.05) is 31.4 Å². The predicted octanol–water partition coefficient (Wildman–Crippen LogP) is 3.28. The Hall–Kier alpha value is -2.66. The van der Waals surface area contributed by atoms with Gasteiger partial charge in [-0.3, -0.25) is 4.79 Å². The van der Waals surface area contributed by atoms with Gasteiger partial charge in [-0.05, 0) is 56.0 Å². The van der Waals surface area contributed by atoms with Crippen molar-refractivity contribution >= 4 is 21.8 Å². The standard InChI is InChI=1S/C23H26F3N3O4S/c1-22(2)14-28(20-8-7-17(13-27-20)23(24,25)26)9-10-29(22)34(31,32)19-6-4-5-15-11-16(12-18(15)19)21(30)33-3/h4-8,13,16H,9-12,14H2,1-3H3. The van der Waals surface area contributed by atoms with Gasteiger partial charge in [-0.25, -0.2) is 13.4 Å². The van der Waals surface area contributed by atoms with Gasteiger partial charge in [-0.15, -0.1) is 0 Å². The van der Waals surface area contributed by atoms with Gasteiger partial charge in [0.15, 0.2) is 0 Å². The maximum Gasteiger partial charge on any atom is 0.417 e. The van der Waals surface area contributed by atoms with Crippen molar-refractivity contribution in [2.45, 2.75) is 43.3 Å². The Morgan fingerprint density at radius 3 is 2.47 bits per heavy atom. The van der Waals surface area contributed by atoms with Gasteiger partial charge >= 0.3 is 12.1 Å². The van der Waals surface area contributed by atoms with E-state index < -0.39 is 33.2 Å². The molecule has 34 heavy (non-hydrogen) atoms. The topological polar surface area (TPSA) is 79.8 Å². The third-order valence-electron chi connectivity index (χ3n) is 6.47. The van der Waals surface area contributed by atoms with Gasteiger partial charge in [0.25, 0.3) is 0 Å². The van der Waals surface area contributed by atoms with E-state index in [0.29, 0.717) is 24.2 Å². The number of benzene rings is 1. The van der Waals surface area contributed by atoms with Crippen molar-refractivity contribution in [3.05, 3.63) is 53.2 Å². The number of methoxy groups -OCH3 is 1. The number of ether oxygens (including phenoxy) is 1. The molecule has 2 aliphatic rings. The summed E-state index contributed by atoms with van der Waals surface area (Å²) >= 11 is 0. The van der Waals surface area contributed by atoms with Gasteiger partial charge in [-0.2, -0.15) is 17.5 Å². The van der Waals surface area contributed by atoms with E-state index in [1.165, 1.54) is 17.5 Å². The van der Waals surface area contributed by atoms with Gasteiger partial charge in [0.2, 0.25) is 10.0 Å². The summed E-state index contributed by atoms with van der Waals surface area (Å²) in [7, 11) is -2.58. The zero-order valence-corrected chi connectivity index (χ0v) is 19.9. The fraction of sp³-hybridized carbons (Fsp3) is 0.478. The highest BCUT2D eigenvalue weighted by Crippen LogP contribution is 2.37. The van der Waals surface area contributed by atoms with Crippen LogP contribution in [0.1, 0.15) is 30.5 Å². The van der Waals surface area contributed by atoms with Crippen LogP contribution in [0.4, 0.5) is 19.0 Å². The van der Waals surface area contributed by atoms with E-state index in [1.54, 1.807) is 30.9 Å². The van der Waals surface area contributed by atoms with Crippen LogP contribution in [-0.4, -0.2) is 56.0 Å². The lowest BCUT2D eigenvalue weighted by Gasteiger charge is -2.46. The Morgan fingerprint density at radius 2 is 1.88 bits per heavy atom. The molecule has 2 aromatic rings. The quantitative estimate of drug-likeness (QED) is 0.604. The van der Waals surface area contributed by atoms with Crippen LogP contribution < -0.4 is 4.90 Å². The number of anilines is 1. The van der Waals surface area contributed by atoms with Gasteiger partial charge in [0.05, 0.1) is 23.5 Å². The number of alkyl halides is 3. The summed E-state index contributed by atoms with van der Waals surface area (Å²) in [5.41, 5.74) is -0.229. The maximum atomic E-state index is 13.8. The van der Waals surface area contributed by atoms with Crippen molar-refractivity contribution in [2.75, 3.05) is 31.6 Å². The molecule has 7 nitrogen and oxygen atoms in total. The van der Waals surface area contributed by atoms with Crippen LogP contribution in [0.5, 0.6) is 0 Å². The SMILES string of the molecule is COC(=O)C1Cc2cccc(S(=O)(=O)N3CCN(c4ccc(C(F)(F)F)cn4)CC3(C)C)c2C1. The Balaban J connectivity index is 1.58. The number of rotatable bonds is 4. The number of esters is 1. The van der Waals surface area contributed by atoms with Gasteiger partial charge in [-0.1, -0.05) is 12.1 Å². The smallest absolute Gasteiger partial charge is 0.417 e. The Bertz CT molecular complexity index is 1200. The number of piperazine rings is 1. The molecule has 184 valence electrons. The molecule has 1 unspecified atom stereocenters. The molecule has 1 aliphatic carbocycles. The lowest BCUT2D eigenvalue weighted by Crippen LogP contribution is -2.61. The van der Waals surface area contributed by atoms with Crippen molar-refractivity contribution in [3.8, 4) is 0 Å². The second-order valence-electron chi connectivity index (χ2n) is 9.24. The number of fused-ring (bicyclic) bond motifs is 1. The van der Waals surface area contributed by atoms with Crippen molar-refractivity contribution in [2.24, 2.45) is 5.92 Å². The molecule has 1 aromatic heterocycles. The number of hydrogen-bond acceptors (Lipinski definition) is 6. The van der Waals surface area contributed by atoms with Crippen LogP contribution in [0, 0.1) is 5.92 Å². The number of sulfonamides is 1. The largest absolute Gasteiger partial charge is 0.469 e. The molecule has 11 heteroatoms. The summed E-state index contributed by atoms with van der Waals surface area (Å²) in [5, 5.41) is 0. The molecule has 0 amide bonds. The number of carbonyl (C=O) groups excluding carboxylic acids is 1. The predicted molar refractivity (Wildman–Crippen MR) is 119 cm³/mol. The third kappa shape index (κ3) is 4.38. The molecule has 4 rings (SSSR count). The Morgan fingerprint density at radius 1 is 1.15 bits per heavy atom. The lowest BCUT2D eigenvalue weighted by molar-refractivity contribution is -0.145. The highest BCUT2D eigenvalue weighted by molar-refractivity contribution is 7.89. The van der Waals surface area contributed by atoms with Crippen LogP contribution in [0.15, 0.2) is 41.4 Å². The Kier molecular flexibility index (Phi) is 6.14. The van der Waals surface area contributed by atoms with Crippen molar-refractivity contribution < 1.29 is 31.1 Å². The summed E-state index contributed by atoms with van der Waals surface area (Å²) in [6.07, 6.45) is -2.95. The van der Waals surface area contributed by atoms with Crippen LogP contribution in [0.25, 0.3) is 0 Å². The fourth-order valence-electron chi connectivity index (χ4n) is 4.83. The van der Waals surface area contributed by atoms with E-state index in [0.717, 1.165) is 17.8 Å². The monoisotopic (exact) mass is 497 g/mol. The summed E-state index contributed by atoms with van der Waals surface area (Å²) in [5.74, 6) is -0.413. The van der Waals surface area contributed by atoms with Crippen molar-refractivity contribution in [3.63, 3.8) is 0 Å². The number of pyridine rings is 1. The minimum atomic E-state index is -4.47. The minimum absolute atomic E-state index is 0.141. The molecule has 2 heterocycles. The third-order valence-corrected chi connectivity index (χ3v) is 8.67. The Labute approximate surface area is 196 Å². The minimum Gasteiger partial charge on any atom is -0.469 e. The first-order valence-corrected chi connectivity index (χ1v) is 12.3. The molecule has 0 bridgehead atoms. The van der Waals surface area contributed by atoms with E-state index in [9.17, 15) is 26.4 Å². The van der Waals surface area contributed by atoms with Gasteiger partial charge in [0.1, 0.15) is 5.82 Å². The van der Waals surface area contributed by atoms with Crippen LogP contribution in [0.3, 0.4) is 0 Å². The number of nitrogens with zero attached hydrogens (tertiary/aromatic N) is 3. The molecule has 1 saturated heterocycles. The maximum absolute atomic E-state index is 13.8. The van der Waals surface area contributed by atoms with Gasteiger partial charge < -0.3 is 9.64 Å². The van der Waals surface area contributed by atoms with Crippen LogP contribution in [-0.2, 0) is 38.6 Å². The normalized spacial score (nSPS) is 20.8. The summed E-state index contributed by atoms with van der Waals surface area (Å²) < 4.78 is 72.4. The summed E-state index contributed by atoms with van der Waals surface area (Å²) in [6.45, 7) is 4.23. The first-order valence-electron chi connectivity index (χ1n) is 10.8. The second kappa shape index (κ2) is 8.53. The molecule has 1 aromatic carbocycles. The zero-order chi connectivity index (χ0) is 24.9. The molecular formula is C23H26F3N3O4S.